The molecule has 0 saturated carbocycles. The number of H-pyrrole nitrogens is 1. The number of nitrogens with one attached hydrogen (secondary N) is 1. The van der Waals surface area contributed by atoms with Crippen LogP contribution in [0, 0.1) is 12.3 Å². The third-order valence-corrected chi connectivity index (χ3v) is 6.73. The van der Waals surface area contributed by atoms with Crippen molar-refractivity contribution in [2.75, 3.05) is 19.6 Å². The molecule has 4 rings (SSSR count). The van der Waals surface area contributed by atoms with Crippen LogP contribution in [0.5, 0.6) is 0 Å². The van der Waals surface area contributed by atoms with Gasteiger partial charge in [-0.1, -0.05) is 18.2 Å². The van der Waals surface area contributed by atoms with Crippen molar-refractivity contribution in [2.45, 2.75) is 45.6 Å². The van der Waals surface area contributed by atoms with Crippen molar-refractivity contribution in [1.82, 2.24) is 14.8 Å². The van der Waals surface area contributed by atoms with Gasteiger partial charge in [-0.2, -0.15) is 0 Å². The summed E-state index contributed by atoms with van der Waals surface area (Å²) in [6, 6.07) is 7.26. The molecular weight excluding hydrogens is 370 g/mol. The fraction of sp³-hybridized carbons (Fsp3) is 0.500. The van der Waals surface area contributed by atoms with Gasteiger partial charge >= 0.3 is 5.97 Å². The summed E-state index contributed by atoms with van der Waals surface area (Å²) in [4.78, 5) is 43.1. The number of carboxylic acid groups (broad SMARTS) is 1. The largest absolute Gasteiger partial charge is 0.480 e. The van der Waals surface area contributed by atoms with E-state index in [4.69, 9.17) is 0 Å². The number of nitrogens with zero attached hydrogens (tertiary/aromatic N) is 2. The minimum atomic E-state index is -0.939. The van der Waals surface area contributed by atoms with E-state index in [-0.39, 0.29) is 17.2 Å². The number of likely N-dealkylation sites (tertiary alicyclic amines) is 2. The molecule has 2 aliphatic heterocycles. The van der Waals surface area contributed by atoms with Crippen LogP contribution in [0.1, 0.15) is 37.4 Å². The van der Waals surface area contributed by atoms with Crippen LogP contribution < -0.4 is 0 Å². The number of hydrogen-bond donors (Lipinski definition) is 2. The Morgan fingerprint density at radius 3 is 2.52 bits per heavy atom. The molecule has 2 N–H and O–H groups in total. The number of aromatic amines is 1. The van der Waals surface area contributed by atoms with Gasteiger partial charge in [0.05, 0.1) is 6.42 Å². The summed E-state index contributed by atoms with van der Waals surface area (Å²) >= 11 is 0. The molecule has 1 atom stereocenters. The molecule has 2 aliphatic rings. The highest BCUT2D eigenvalue weighted by molar-refractivity contribution is 5.90. The number of amides is 2. The summed E-state index contributed by atoms with van der Waals surface area (Å²) in [5.41, 5.74) is 2.91. The molecule has 0 radical (unpaired) electrons. The number of benzene rings is 1. The average Bonchev–Trinajstić information content (AvgIpc) is 3.21. The quantitative estimate of drug-likeness (QED) is 0.831. The van der Waals surface area contributed by atoms with Gasteiger partial charge in [-0.05, 0) is 43.2 Å². The summed E-state index contributed by atoms with van der Waals surface area (Å²) < 4.78 is 0. The molecule has 7 heteroatoms. The minimum Gasteiger partial charge on any atom is -0.480 e. The predicted molar refractivity (Wildman–Crippen MR) is 108 cm³/mol. The molecule has 1 aromatic heterocycles. The van der Waals surface area contributed by atoms with E-state index in [2.05, 4.69) is 4.98 Å². The number of hydrogen-bond acceptors (Lipinski definition) is 3. The summed E-state index contributed by atoms with van der Waals surface area (Å²) in [5.74, 6) is -1.03. The van der Waals surface area contributed by atoms with E-state index >= 15 is 0 Å². The van der Waals surface area contributed by atoms with Gasteiger partial charge in [-0.25, -0.2) is 4.79 Å². The number of para-hydroxylation sites is 1. The number of aliphatic carboxylic acids is 1. The number of aromatic nitrogens is 1. The molecule has 3 heterocycles. The minimum absolute atomic E-state index is 0.101. The number of piperidine rings is 1. The van der Waals surface area contributed by atoms with E-state index in [1.54, 1.807) is 0 Å². The Labute approximate surface area is 169 Å². The highest BCUT2D eigenvalue weighted by Gasteiger charge is 2.49. The van der Waals surface area contributed by atoms with E-state index in [0.29, 0.717) is 32.5 Å². The van der Waals surface area contributed by atoms with Crippen LogP contribution in [0.2, 0.25) is 0 Å². The molecule has 1 unspecified atom stereocenters. The lowest BCUT2D eigenvalue weighted by molar-refractivity contribution is -0.147. The van der Waals surface area contributed by atoms with Gasteiger partial charge < -0.3 is 19.9 Å². The first kappa shape index (κ1) is 19.5. The van der Waals surface area contributed by atoms with Crippen LogP contribution in [-0.4, -0.2) is 63.4 Å². The Kier molecular flexibility index (Phi) is 4.84. The maximum Gasteiger partial charge on any atom is 0.326 e. The average molecular weight is 397 g/mol. The molecular formula is C22H27N3O4. The zero-order chi connectivity index (χ0) is 20.8. The van der Waals surface area contributed by atoms with Crippen LogP contribution >= 0.6 is 0 Å². The molecule has 1 spiro atoms. The number of fused-ring (bicyclic) bond motifs is 1. The van der Waals surface area contributed by atoms with Crippen LogP contribution in [0.3, 0.4) is 0 Å². The second kappa shape index (κ2) is 7.21. The molecule has 154 valence electrons. The second-order valence-electron chi connectivity index (χ2n) is 8.54. The first-order valence-corrected chi connectivity index (χ1v) is 10.1. The molecule has 2 amide bonds. The van der Waals surface area contributed by atoms with Crippen LogP contribution in [0.25, 0.3) is 10.9 Å². The van der Waals surface area contributed by atoms with Gasteiger partial charge in [-0.15, -0.1) is 0 Å². The highest BCUT2D eigenvalue weighted by atomic mass is 16.4. The number of aryl methyl sites for hydroxylation is 1. The maximum atomic E-state index is 13.0. The van der Waals surface area contributed by atoms with E-state index in [0.717, 1.165) is 35.0 Å². The van der Waals surface area contributed by atoms with Crippen molar-refractivity contribution in [1.29, 1.82) is 0 Å². The van der Waals surface area contributed by atoms with Gasteiger partial charge in [-0.3, -0.25) is 9.59 Å². The lowest BCUT2D eigenvalue weighted by atomic mass is 9.76. The number of carbonyl (C=O) groups excluding carboxylic acids is 2. The first-order chi connectivity index (χ1) is 13.8. The Bertz CT molecular complexity index is 948. The van der Waals surface area contributed by atoms with Gasteiger partial charge in [0, 0.05) is 43.2 Å². The summed E-state index contributed by atoms with van der Waals surface area (Å²) in [7, 11) is 0. The first-order valence-electron chi connectivity index (χ1n) is 10.1. The molecule has 7 nitrogen and oxygen atoms in total. The summed E-state index contributed by atoms with van der Waals surface area (Å²) in [6.07, 6.45) is 2.31. The second-order valence-corrected chi connectivity index (χ2v) is 8.54. The Hall–Kier alpha value is -2.83. The predicted octanol–water partition coefficient (Wildman–Crippen LogP) is 2.33. The standard InChI is InChI=1S/C22H27N3O4/c1-14-17(16-5-3-4-6-18(16)23-14)11-20(27)24-9-7-22(8-10-24)12-19(21(28)29)25(13-22)15(2)26/h3-6,19,23H,7-13H2,1-2H3,(H,28,29). The molecule has 2 saturated heterocycles. The van der Waals surface area contributed by atoms with E-state index in [9.17, 15) is 19.5 Å². The Morgan fingerprint density at radius 1 is 1.21 bits per heavy atom. The number of carboxylic acids is 1. The lowest BCUT2D eigenvalue weighted by Gasteiger charge is -2.39. The Morgan fingerprint density at radius 2 is 1.90 bits per heavy atom. The normalized spacial score (nSPS) is 21.1. The zero-order valence-electron chi connectivity index (χ0n) is 16.9. The summed E-state index contributed by atoms with van der Waals surface area (Å²) in [6.45, 7) is 5.12. The number of rotatable bonds is 3. The maximum absolute atomic E-state index is 13.0. The smallest absolute Gasteiger partial charge is 0.326 e. The molecule has 0 aliphatic carbocycles. The van der Waals surface area contributed by atoms with Gasteiger partial charge in [0.15, 0.2) is 0 Å². The summed E-state index contributed by atoms with van der Waals surface area (Å²) in [5, 5.41) is 10.6. The molecule has 2 fully saturated rings. The SMILES string of the molecule is CC(=O)N1CC2(CCN(C(=O)Cc3c(C)[nH]c4ccccc34)CC2)CC1C(=O)O. The van der Waals surface area contributed by atoms with Crippen molar-refractivity contribution in [3.63, 3.8) is 0 Å². The van der Waals surface area contributed by atoms with Gasteiger partial charge in [0.1, 0.15) is 6.04 Å². The monoisotopic (exact) mass is 397 g/mol. The fourth-order valence-electron chi connectivity index (χ4n) is 5.03. The van der Waals surface area contributed by atoms with Crippen molar-refractivity contribution >= 4 is 28.7 Å². The third-order valence-electron chi connectivity index (χ3n) is 6.73. The molecule has 0 bridgehead atoms. The molecule has 1 aromatic carbocycles. The van der Waals surface area contributed by atoms with Crippen molar-refractivity contribution in [3.8, 4) is 0 Å². The van der Waals surface area contributed by atoms with Crippen LogP contribution in [0.4, 0.5) is 0 Å². The van der Waals surface area contributed by atoms with Crippen LogP contribution in [0.15, 0.2) is 24.3 Å². The van der Waals surface area contributed by atoms with E-state index in [1.165, 1.54) is 11.8 Å². The highest BCUT2D eigenvalue weighted by Crippen LogP contribution is 2.43. The lowest BCUT2D eigenvalue weighted by Crippen LogP contribution is -2.45. The Balaban J connectivity index is 1.43. The molecule has 2 aromatic rings. The van der Waals surface area contributed by atoms with Crippen molar-refractivity contribution in [2.24, 2.45) is 5.41 Å². The van der Waals surface area contributed by atoms with E-state index < -0.39 is 12.0 Å². The van der Waals surface area contributed by atoms with Gasteiger partial charge in [0.2, 0.25) is 11.8 Å². The fourth-order valence-corrected chi connectivity index (χ4v) is 5.03. The van der Waals surface area contributed by atoms with Crippen molar-refractivity contribution < 1.29 is 19.5 Å². The van der Waals surface area contributed by atoms with Crippen LogP contribution in [-0.2, 0) is 20.8 Å². The zero-order valence-corrected chi connectivity index (χ0v) is 16.9. The molecule has 29 heavy (non-hydrogen) atoms. The topological polar surface area (TPSA) is 93.7 Å². The van der Waals surface area contributed by atoms with Gasteiger partial charge in [0.25, 0.3) is 0 Å². The van der Waals surface area contributed by atoms with Crippen molar-refractivity contribution in [3.05, 3.63) is 35.5 Å². The number of carbonyl (C=O) groups is 3. The van der Waals surface area contributed by atoms with E-state index in [1.807, 2.05) is 36.1 Å². The third kappa shape index (κ3) is 3.50.